The van der Waals surface area contributed by atoms with Crippen LogP contribution in [0.3, 0.4) is 0 Å². The van der Waals surface area contributed by atoms with Crippen LogP contribution in [0.1, 0.15) is 44.9 Å². The van der Waals surface area contributed by atoms with Gasteiger partial charge in [0.15, 0.2) is 0 Å². The zero-order chi connectivity index (χ0) is 21.6. The number of anilines is 1. The molecule has 10 heteroatoms. The second-order valence-electron chi connectivity index (χ2n) is 7.61. The number of likely N-dealkylation sites (tertiary alicyclic amines) is 1. The lowest BCUT2D eigenvalue weighted by atomic mass is 9.94. The van der Waals surface area contributed by atoms with E-state index >= 15 is 0 Å². The normalized spacial score (nSPS) is 22.6. The highest BCUT2D eigenvalue weighted by molar-refractivity contribution is 7.89. The van der Waals surface area contributed by atoms with Gasteiger partial charge in [-0.3, -0.25) is 19.8 Å². The number of para-hydroxylation sites is 1. The minimum absolute atomic E-state index is 0.140. The van der Waals surface area contributed by atoms with Crippen LogP contribution in [0, 0.1) is 0 Å². The van der Waals surface area contributed by atoms with E-state index in [1.54, 1.807) is 24.3 Å². The zero-order valence-electron chi connectivity index (χ0n) is 16.7. The Morgan fingerprint density at radius 1 is 1.07 bits per heavy atom. The Balaban J connectivity index is 1.46. The van der Waals surface area contributed by atoms with Crippen LogP contribution < -0.4 is 10.0 Å². The highest BCUT2D eigenvalue weighted by atomic mass is 32.2. The molecule has 0 radical (unpaired) electrons. The Morgan fingerprint density at radius 2 is 1.77 bits per heavy atom. The average molecular weight is 438 g/mol. The SMILES string of the molecule is O=C(Nc1ccccc1)O[C@@H]1CCC[C@H](NS(=O)(=O)CCN2C(=O)CCCC2=O)C1. The fraction of sp³-hybridized carbons (Fsp3) is 0.550. The largest absolute Gasteiger partial charge is 0.446 e. The van der Waals surface area contributed by atoms with Crippen molar-refractivity contribution in [1.82, 2.24) is 9.62 Å². The van der Waals surface area contributed by atoms with Gasteiger partial charge >= 0.3 is 6.09 Å². The molecule has 9 nitrogen and oxygen atoms in total. The number of amides is 3. The summed E-state index contributed by atoms with van der Waals surface area (Å²) in [6, 6.07) is 8.57. The van der Waals surface area contributed by atoms with Crippen molar-refractivity contribution in [1.29, 1.82) is 0 Å². The van der Waals surface area contributed by atoms with Gasteiger partial charge in [0.05, 0.1) is 5.75 Å². The number of hydrogen-bond donors (Lipinski definition) is 2. The van der Waals surface area contributed by atoms with E-state index in [-0.39, 0.29) is 49.1 Å². The molecule has 2 aliphatic rings. The van der Waals surface area contributed by atoms with E-state index in [1.807, 2.05) is 6.07 Å². The molecule has 2 fully saturated rings. The summed E-state index contributed by atoms with van der Waals surface area (Å²) < 4.78 is 33.0. The van der Waals surface area contributed by atoms with Gasteiger partial charge in [-0.1, -0.05) is 18.2 Å². The van der Waals surface area contributed by atoms with Crippen LogP contribution in [-0.4, -0.2) is 55.7 Å². The molecule has 1 saturated carbocycles. The quantitative estimate of drug-likeness (QED) is 0.629. The number of hydrogen-bond acceptors (Lipinski definition) is 6. The van der Waals surface area contributed by atoms with Gasteiger partial charge in [-0.15, -0.1) is 0 Å². The van der Waals surface area contributed by atoms with Gasteiger partial charge in [0.25, 0.3) is 0 Å². The van der Waals surface area contributed by atoms with Crippen molar-refractivity contribution in [3.63, 3.8) is 0 Å². The minimum atomic E-state index is -3.68. The molecule has 0 spiro atoms. The highest BCUT2D eigenvalue weighted by Crippen LogP contribution is 2.22. The minimum Gasteiger partial charge on any atom is -0.446 e. The van der Waals surface area contributed by atoms with E-state index in [1.165, 1.54) is 0 Å². The van der Waals surface area contributed by atoms with Gasteiger partial charge in [0, 0.05) is 37.5 Å². The Hall–Kier alpha value is -2.46. The molecule has 0 aromatic heterocycles. The summed E-state index contributed by atoms with van der Waals surface area (Å²) in [5.74, 6) is -0.977. The van der Waals surface area contributed by atoms with Gasteiger partial charge in [0.2, 0.25) is 21.8 Å². The van der Waals surface area contributed by atoms with Crippen molar-refractivity contribution >= 4 is 33.6 Å². The van der Waals surface area contributed by atoms with E-state index in [0.29, 0.717) is 31.4 Å². The Bertz CT molecular complexity index is 858. The van der Waals surface area contributed by atoms with E-state index in [0.717, 1.165) is 11.3 Å². The molecule has 164 valence electrons. The fourth-order valence-electron chi connectivity index (χ4n) is 3.75. The second kappa shape index (κ2) is 10.0. The van der Waals surface area contributed by atoms with Crippen LogP contribution in [-0.2, 0) is 24.3 Å². The van der Waals surface area contributed by atoms with Crippen LogP contribution in [0.15, 0.2) is 30.3 Å². The summed E-state index contributed by atoms with van der Waals surface area (Å²) in [5.41, 5.74) is 0.623. The first-order valence-corrected chi connectivity index (χ1v) is 11.8. The predicted octanol–water partition coefficient (Wildman–Crippen LogP) is 2.00. The van der Waals surface area contributed by atoms with Crippen LogP contribution in [0.2, 0.25) is 0 Å². The maximum absolute atomic E-state index is 12.4. The second-order valence-corrected chi connectivity index (χ2v) is 9.48. The lowest BCUT2D eigenvalue weighted by Crippen LogP contribution is -2.46. The molecule has 3 amide bonds. The maximum Gasteiger partial charge on any atom is 0.411 e. The molecule has 2 atom stereocenters. The van der Waals surface area contributed by atoms with E-state index in [4.69, 9.17) is 4.74 Å². The summed E-state index contributed by atoms with van der Waals surface area (Å²) in [6.07, 6.45) is 2.50. The summed E-state index contributed by atoms with van der Waals surface area (Å²) in [6.45, 7) is -0.140. The van der Waals surface area contributed by atoms with Crippen molar-refractivity contribution in [2.75, 3.05) is 17.6 Å². The molecule has 30 heavy (non-hydrogen) atoms. The van der Waals surface area contributed by atoms with E-state index in [9.17, 15) is 22.8 Å². The molecule has 1 aromatic rings. The van der Waals surface area contributed by atoms with Gasteiger partial charge in [-0.05, 0) is 37.8 Å². The Morgan fingerprint density at radius 3 is 2.47 bits per heavy atom. The standard InChI is InChI=1S/C20H27N3O6S/c24-18-10-5-11-19(25)23(18)12-13-30(27,28)22-16-8-4-9-17(14-16)29-20(26)21-15-6-2-1-3-7-15/h1-3,6-7,16-17,22H,4-5,8-14H2,(H,21,26)/t16-,17+/m0/s1. The molecule has 0 bridgehead atoms. The summed E-state index contributed by atoms with van der Waals surface area (Å²) >= 11 is 0. The van der Waals surface area contributed by atoms with Crippen LogP contribution in [0.5, 0.6) is 0 Å². The van der Waals surface area contributed by atoms with E-state index in [2.05, 4.69) is 10.0 Å². The Labute approximate surface area is 176 Å². The van der Waals surface area contributed by atoms with Gasteiger partial charge in [-0.2, -0.15) is 0 Å². The lowest BCUT2D eigenvalue weighted by Gasteiger charge is -2.30. The van der Waals surface area contributed by atoms with Gasteiger partial charge in [-0.25, -0.2) is 17.9 Å². The molecule has 1 heterocycles. The smallest absolute Gasteiger partial charge is 0.411 e. The number of piperidine rings is 1. The monoisotopic (exact) mass is 437 g/mol. The average Bonchev–Trinajstić information content (AvgIpc) is 2.68. The topological polar surface area (TPSA) is 122 Å². The molecule has 1 aliphatic carbocycles. The number of sulfonamides is 1. The summed E-state index contributed by atoms with van der Waals surface area (Å²) in [4.78, 5) is 36.7. The highest BCUT2D eigenvalue weighted by Gasteiger charge is 2.30. The number of nitrogens with one attached hydrogen (secondary N) is 2. The van der Waals surface area contributed by atoms with Crippen LogP contribution in [0.25, 0.3) is 0 Å². The first-order chi connectivity index (χ1) is 14.3. The fourth-order valence-corrected chi connectivity index (χ4v) is 5.02. The molecule has 3 rings (SSSR count). The first-order valence-electron chi connectivity index (χ1n) is 10.2. The van der Waals surface area contributed by atoms with Crippen molar-refractivity contribution in [2.45, 2.75) is 57.1 Å². The molecule has 1 saturated heterocycles. The van der Waals surface area contributed by atoms with Crippen molar-refractivity contribution in [2.24, 2.45) is 0 Å². The number of ether oxygens (including phenoxy) is 1. The van der Waals surface area contributed by atoms with Crippen LogP contribution in [0.4, 0.5) is 10.5 Å². The Kier molecular flexibility index (Phi) is 7.43. The lowest BCUT2D eigenvalue weighted by molar-refractivity contribution is -0.147. The number of imide groups is 1. The zero-order valence-corrected chi connectivity index (χ0v) is 17.5. The van der Waals surface area contributed by atoms with Crippen molar-refractivity contribution in [3.05, 3.63) is 30.3 Å². The molecular formula is C20H27N3O6S. The van der Waals surface area contributed by atoms with Crippen LogP contribution >= 0.6 is 0 Å². The van der Waals surface area contributed by atoms with E-state index < -0.39 is 16.1 Å². The number of rotatable bonds is 7. The summed E-state index contributed by atoms with van der Waals surface area (Å²) in [7, 11) is -3.68. The third kappa shape index (κ3) is 6.53. The first kappa shape index (κ1) is 22.2. The van der Waals surface area contributed by atoms with Crippen molar-refractivity contribution in [3.8, 4) is 0 Å². The predicted molar refractivity (Wildman–Crippen MR) is 110 cm³/mol. The number of carbonyl (C=O) groups excluding carboxylic acids is 3. The molecule has 1 aromatic carbocycles. The molecular weight excluding hydrogens is 410 g/mol. The molecule has 0 unspecified atom stereocenters. The number of nitrogens with zero attached hydrogens (tertiary/aromatic N) is 1. The summed E-state index contributed by atoms with van der Waals surface area (Å²) in [5, 5.41) is 2.65. The third-order valence-electron chi connectivity index (χ3n) is 5.23. The third-order valence-corrected chi connectivity index (χ3v) is 6.65. The van der Waals surface area contributed by atoms with Gasteiger partial charge < -0.3 is 4.74 Å². The number of carbonyl (C=O) groups is 3. The molecule has 1 aliphatic heterocycles. The molecule has 2 N–H and O–H groups in total. The maximum atomic E-state index is 12.4. The van der Waals surface area contributed by atoms with Crippen molar-refractivity contribution < 1.29 is 27.5 Å². The van der Waals surface area contributed by atoms with Gasteiger partial charge in [0.1, 0.15) is 6.10 Å². The number of benzene rings is 1.